The van der Waals surface area contributed by atoms with Crippen LogP contribution in [-0.2, 0) is 25.5 Å². The van der Waals surface area contributed by atoms with E-state index in [1.165, 1.54) is 7.11 Å². The van der Waals surface area contributed by atoms with E-state index in [-0.39, 0.29) is 24.0 Å². The number of H-pyrrole nitrogens is 1. The van der Waals surface area contributed by atoms with Gasteiger partial charge in [-0.2, -0.15) is 0 Å². The van der Waals surface area contributed by atoms with Gasteiger partial charge in [0, 0.05) is 38.0 Å². The minimum absolute atomic E-state index is 0.0613. The highest BCUT2D eigenvalue weighted by atomic mass is 16.8. The molecule has 2 aliphatic rings. The molecule has 0 radical (unpaired) electrons. The maximum absolute atomic E-state index is 13.5. The molecule has 224 valence electrons. The van der Waals surface area contributed by atoms with Crippen molar-refractivity contribution in [2.45, 2.75) is 70.9 Å². The molecule has 0 spiro atoms. The third-order valence-corrected chi connectivity index (χ3v) is 6.91. The highest BCUT2D eigenvalue weighted by Crippen LogP contribution is 2.35. The number of imidazole rings is 1. The molecule has 41 heavy (non-hydrogen) atoms. The number of carbonyl (C=O) groups excluding carboxylic acids is 1. The van der Waals surface area contributed by atoms with E-state index in [0.29, 0.717) is 37.4 Å². The van der Waals surface area contributed by atoms with E-state index in [4.69, 9.17) is 28.4 Å². The third-order valence-electron chi connectivity index (χ3n) is 6.91. The van der Waals surface area contributed by atoms with Gasteiger partial charge in [0.05, 0.1) is 12.6 Å². The SMILES string of the molecule is COCOc1cc(OCCNCc2ncc[nH]2)cc2c1C(=O)O[C@@H](C)[C@H](C)/C=C\C(O)C1OC(C)(C)O[C@H]1C/C=C/2. The van der Waals surface area contributed by atoms with Crippen LogP contribution < -0.4 is 14.8 Å². The molecule has 3 heterocycles. The fraction of sp³-hybridized carbons (Fsp3) is 0.533. The number of hydrogen-bond acceptors (Lipinski definition) is 10. The summed E-state index contributed by atoms with van der Waals surface area (Å²) in [5, 5.41) is 14.2. The van der Waals surface area contributed by atoms with Crippen LogP contribution in [0.1, 0.15) is 55.9 Å². The summed E-state index contributed by atoms with van der Waals surface area (Å²) in [4.78, 5) is 20.8. The molecule has 0 aliphatic carbocycles. The van der Waals surface area contributed by atoms with Crippen molar-refractivity contribution in [2.24, 2.45) is 5.92 Å². The molecule has 11 heteroatoms. The number of ether oxygens (including phenoxy) is 6. The van der Waals surface area contributed by atoms with Crippen molar-refractivity contribution in [1.82, 2.24) is 15.3 Å². The summed E-state index contributed by atoms with van der Waals surface area (Å²) in [6, 6.07) is 3.45. The van der Waals surface area contributed by atoms with Gasteiger partial charge in [0.1, 0.15) is 47.8 Å². The average molecular weight is 572 g/mol. The predicted molar refractivity (Wildman–Crippen MR) is 151 cm³/mol. The van der Waals surface area contributed by atoms with E-state index < -0.39 is 36.2 Å². The molecule has 1 aromatic heterocycles. The maximum Gasteiger partial charge on any atom is 0.342 e. The van der Waals surface area contributed by atoms with Crippen LogP contribution in [0.5, 0.6) is 11.5 Å². The number of hydrogen-bond donors (Lipinski definition) is 3. The molecule has 0 bridgehead atoms. The first-order valence-electron chi connectivity index (χ1n) is 13.9. The average Bonchev–Trinajstić information content (AvgIpc) is 3.56. The van der Waals surface area contributed by atoms with E-state index >= 15 is 0 Å². The monoisotopic (exact) mass is 571 g/mol. The van der Waals surface area contributed by atoms with Gasteiger partial charge in [-0.05, 0) is 38.8 Å². The van der Waals surface area contributed by atoms with Gasteiger partial charge in [-0.15, -0.1) is 0 Å². The Morgan fingerprint density at radius 1 is 1.20 bits per heavy atom. The molecule has 4 rings (SSSR count). The lowest BCUT2D eigenvalue weighted by Gasteiger charge is -2.23. The Hall–Kier alpha value is -3.22. The first-order chi connectivity index (χ1) is 19.7. The van der Waals surface area contributed by atoms with Crippen molar-refractivity contribution >= 4 is 12.0 Å². The Morgan fingerprint density at radius 2 is 2.02 bits per heavy atom. The molecule has 2 aliphatic heterocycles. The lowest BCUT2D eigenvalue weighted by Crippen LogP contribution is -2.34. The van der Waals surface area contributed by atoms with Crippen LogP contribution in [0.15, 0.2) is 42.8 Å². The summed E-state index contributed by atoms with van der Waals surface area (Å²) in [5.74, 6) is 0.0946. The number of nitrogens with one attached hydrogen (secondary N) is 2. The highest BCUT2D eigenvalue weighted by molar-refractivity contribution is 5.97. The molecule has 1 fully saturated rings. The van der Waals surface area contributed by atoms with Gasteiger partial charge in [0.2, 0.25) is 0 Å². The van der Waals surface area contributed by atoms with E-state index in [2.05, 4.69) is 15.3 Å². The van der Waals surface area contributed by atoms with Crippen LogP contribution in [0.3, 0.4) is 0 Å². The third kappa shape index (κ3) is 8.40. The molecule has 5 atom stereocenters. The lowest BCUT2D eigenvalue weighted by molar-refractivity contribution is -0.152. The molecule has 2 unspecified atom stereocenters. The number of benzene rings is 1. The number of rotatable bonds is 9. The Kier molecular flexibility index (Phi) is 10.6. The van der Waals surface area contributed by atoms with Gasteiger partial charge in [0.25, 0.3) is 0 Å². The zero-order chi connectivity index (χ0) is 29.4. The largest absolute Gasteiger partial charge is 0.492 e. The molecule has 1 saturated heterocycles. The van der Waals surface area contributed by atoms with Crippen molar-refractivity contribution in [3.63, 3.8) is 0 Å². The topological polar surface area (TPSA) is 133 Å². The van der Waals surface area contributed by atoms with Crippen LogP contribution in [0.2, 0.25) is 0 Å². The van der Waals surface area contributed by atoms with Crippen LogP contribution in [0.4, 0.5) is 0 Å². The van der Waals surface area contributed by atoms with Crippen molar-refractivity contribution in [1.29, 1.82) is 0 Å². The van der Waals surface area contributed by atoms with Gasteiger partial charge in [-0.1, -0.05) is 31.2 Å². The Balaban J connectivity index is 1.62. The number of aromatic amines is 1. The second-order valence-corrected chi connectivity index (χ2v) is 10.6. The van der Waals surface area contributed by atoms with E-state index in [1.54, 1.807) is 30.6 Å². The van der Waals surface area contributed by atoms with Gasteiger partial charge in [0.15, 0.2) is 12.6 Å². The van der Waals surface area contributed by atoms with E-state index in [9.17, 15) is 9.90 Å². The number of carbonyl (C=O) groups is 1. The van der Waals surface area contributed by atoms with Crippen molar-refractivity contribution < 1.29 is 38.3 Å². The fourth-order valence-corrected chi connectivity index (χ4v) is 4.68. The Morgan fingerprint density at radius 3 is 2.78 bits per heavy atom. The smallest absolute Gasteiger partial charge is 0.342 e. The second kappa shape index (κ2) is 14.1. The molecule has 1 aromatic carbocycles. The summed E-state index contributed by atoms with van der Waals surface area (Å²) in [5.41, 5.74) is 0.826. The van der Waals surface area contributed by atoms with Gasteiger partial charge in [-0.3, -0.25) is 0 Å². The van der Waals surface area contributed by atoms with Gasteiger partial charge >= 0.3 is 5.97 Å². The Bertz CT molecular complexity index is 1200. The maximum atomic E-state index is 13.5. The van der Waals surface area contributed by atoms with E-state index in [0.717, 1.165) is 5.82 Å². The molecule has 0 amide bonds. The molecular formula is C30H41N3O8. The Labute approximate surface area is 240 Å². The number of aliphatic hydroxyl groups is 1. The number of methoxy groups -OCH3 is 1. The van der Waals surface area contributed by atoms with Crippen molar-refractivity contribution in [2.75, 3.05) is 27.1 Å². The highest BCUT2D eigenvalue weighted by Gasteiger charge is 2.43. The molecule has 11 nitrogen and oxygen atoms in total. The van der Waals surface area contributed by atoms with E-state index in [1.807, 2.05) is 45.9 Å². The fourth-order valence-electron chi connectivity index (χ4n) is 4.68. The van der Waals surface area contributed by atoms with Crippen molar-refractivity contribution in [3.05, 3.63) is 59.7 Å². The summed E-state index contributed by atoms with van der Waals surface area (Å²) in [6.45, 7) is 8.86. The zero-order valence-electron chi connectivity index (χ0n) is 24.3. The number of nitrogens with zero attached hydrogens (tertiary/aromatic N) is 1. The quantitative estimate of drug-likeness (QED) is 0.177. The van der Waals surface area contributed by atoms with Gasteiger partial charge < -0.3 is 43.8 Å². The predicted octanol–water partition coefficient (Wildman–Crippen LogP) is 3.60. The van der Waals surface area contributed by atoms with Crippen LogP contribution in [0, 0.1) is 5.92 Å². The summed E-state index contributed by atoms with van der Waals surface area (Å²) >= 11 is 0. The van der Waals surface area contributed by atoms with Crippen LogP contribution in [0.25, 0.3) is 6.08 Å². The zero-order valence-corrected chi connectivity index (χ0v) is 24.3. The first-order valence-corrected chi connectivity index (χ1v) is 13.9. The number of aliphatic hydroxyl groups excluding tert-OH is 1. The number of esters is 1. The number of fused-ring (bicyclic) bond motifs is 2. The molecular weight excluding hydrogens is 530 g/mol. The number of aromatic nitrogens is 2. The molecule has 2 aromatic rings. The summed E-state index contributed by atoms with van der Waals surface area (Å²) in [7, 11) is 1.51. The summed E-state index contributed by atoms with van der Waals surface area (Å²) < 4.78 is 35.0. The van der Waals surface area contributed by atoms with Crippen LogP contribution >= 0.6 is 0 Å². The van der Waals surface area contributed by atoms with Crippen molar-refractivity contribution in [3.8, 4) is 11.5 Å². The first kappa shape index (κ1) is 30.7. The number of cyclic esters (lactones) is 1. The summed E-state index contributed by atoms with van der Waals surface area (Å²) in [6.07, 6.45) is 8.82. The lowest BCUT2D eigenvalue weighted by atomic mass is 9.99. The van der Waals surface area contributed by atoms with Crippen LogP contribution in [-0.4, -0.2) is 78.3 Å². The standard InChI is InChI=1S/C30H41N3O8/c1-19-9-10-23(34)28-24(40-30(3,4)41-28)8-6-7-21-15-22(37-14-13-31-17-26-32-11-12-33-26)16-25(38-18-36-5)27(21)29(35)39-20(19)2/h6-7,9-12,15-16,19-20,23-24,28,31,34H,8,13-14,17-18H2,1-5H3,(H,32,33)/b7-6+,10-9-/t19-,20+,23?,24+,28?/m1/s1. The minimum atomic E-state index is -0.883. The molecule has 3 N–H and O–H groups in total. The second-order valence-electron chi connectivity index (χ2n) is 10.6. The normalized spacial score (nSPS) is 27.7. The minimum Gasteiger partial charge on any atom is -0.492 e. The molecule has 0 saturated carbocycles. The van der Waals surface area contributed by atoms with Gasteiger partial charge in [-0.25, -0.2) is 9.78 Å².